The zero-order valence-electron chi connectivity index (χ0n) is 14.7. The van der Waals surface area contributed by atoms with Crippen molar-refractivity contribution in [2.75, 3.05) is 10.0 Å². The first-order chi connectivity index (χ1) is 13.2. The highest BCUT2D eigenvalue weighted by Crippen LogP contribution is 2.19. The van der Waals surface area contributed by atoms with Crippen LogP contribution in [0.3, 0.4) is 0 Å². The molecule has 0 saturated heterocycles. The molecule has 0 spiro atoms. The molecule has 5 nitrogen and oxygen atoms in total. The summed E-state index contributed by atoms with van der Waals surface area (Å²) in [4.78, 5) is 12.2. The van der Waals surface area contributed by atoms with Crippen molar-refractivity contribution < 1.29 is 22.0 Å². The van der Waals surface area contributed by atoms with E-state index in [1.807, 2.05) is 0 Å². The Bertz CT molecular complexity index is 1110. The van der Waals surface area contributed by atoms with E-state index in [4.69, 9.17) is 0 Å². The molecule has 0 aromatic heterocycles. The fourth-order valence-electron chi connectivity index (χ4n) is 2.48. The molecule has 3 aromatic rings. The molecule has 0 unspecified atom stereocenters. The molecule has 0 fully saturated rings. The topological polar surface area (TPSA) is 75.3 Å². The maximum absolute atomic E-state index is 13.1. The Kier molecular flexibility index (Phi) is 5.41. The normalized spacial score (nSPS) is 11.1. The maximum Gasteiger partial charge on any atom is 0.261 e. The summed E-state index contributed by atoms with van der Waals surface area (Å²) < 4.78 is 53.0. The van der Waals surface area contributed by atoms with Crippen molar-refractivity contribution in [1.82, 2.24) is 0 Å². The molecule has 2 N–H and O–H groups in total. The molecule has 1 amide bonds. The molecule has 0 bridgehead atoms. The summed E-state index contributed by atoms with van der Waals surface area (Å²) in [6, 6.07) is 14.2. The Morgan fingerprint density at radius 2 is 1.46 bits per heavy atom. The number of aryl methyl sites for hydroxylation is 1. The van der Waals surface area contributed by atoms with Gasteiger partial charge in [0.15, 0.2) is 0 Å². The van der Waals surface area contributed by atoms with Crippen molar-refractivity contribution in [3.8, 4) is 0 Å². The van der Waals surface area contributed by atoms with Crippen LogP contribution in [0.4, 0.5) is 20.2 Å². The van der Waals surface area contributed by atoms with E-state index in [9.17, 15) is 22.0 Å². The van der Waals surface area contributed by atoms with Crippen molar-refractivity contribution in [1.29, 1.82) is 0 Å². The van der Waals surface area contributed by atoms with Crippen LogP contribution >= 0.6 is 0 Å². The third-order valence-corrected chi connectivity index (χ3v) is 5.36. The number of sulfonamides is 1. The molecule has 0 saturated carbocycles. The highest BCUT2D eigenvalue weighted by Gasteiger charge is 2.15. The first-order valence-electron chi connectivity index (χ1n) is 8.20. The average Bonchev–Trinajstić information content (AvgIpc) is 2.64. The summed E-state index contributed by atoms with van der Waals surface area (Å²) in [6.07, 6.45) is 0. The number of hydrogen-bond donors (Lipinski definition) is 2. The van der Waals surface area contributed by atoms with Gasteiger partial charge in [0, 0.05) is 16.9 Å². The lowest BCUT2D eigenvalue weighted by Gasteiger charge is -2.10. The van der Waals surface area contributed by atoms with Crippen molar-refractivity contribution in [3.05, 3.63) is 89.5 Å². The molecular weight excluding hydrogens is 386 g/mol. The fourth-order valence-corrected chi connectivity index (χ4v) is 3.54. The Morgan fingerprint density at radius 3 is 2.07 bits per heavy atom. The lowest BCUT2D eigenvalue weighted by Crippen LogP contribution is -2.14. The maximum atomic E-state index is 13.1. The Morgan fingerprint density at radius 1 is 0.857 bits per heavy atom. The molecule has 0 atom stereocenters. The molecule has 3 rings (SSSR count). The van der Waals surface area contributed by atoms with E-state index in [0.717, 1.165) is 24.3 Å². The van der Waals surface area contributed by atoms with E-state index in [0.29, 0.717) is 16.8 Å². The standard InChI is InChI=1S/C20H16F2N2O3S/c1-13-12-16(22)6-11-19(13)23-20(25)14-2-7-17(8-3-14)24-28(26,27)18-9-4-15(21)5-10-18/h2-12,24H,1H3,(H,23,25). The van der Waals surface area contributed by atoms with Gasteiger partial charge in [0.2, 0.25) is 0 Å². The van der Waals surface area contributed by atoms with Gasteiger partial charge in [-0.15, -0.1) is 0 Å². The number of carbonyl (C=O) groups excluding carboxylic acids is 1. The van der Waals surface area contributed by atoms with Crippen LogP contribution in [-0.2, 0) is 10.0 Å². The number of halogens is 2. The molecule has 28 heavy (non-hydrogen) atoms. The van der Waals surface area contributed by atoms with Gasteiger partial charge in [0.1, 0.15) is 11.6 Å². The molecule has 0 aliphatic heterocycles. The van der Waals surface area contributed by atoms with Gasteiger partial charge >= 0.3 is 0 Å². The minimum Gasteiger partial charge on any atom is -0.322 e. The summed E-state index contributed by atoms with van der Waals surface area (Å²) in [7, 11) is -3.87. The average molecular weight is 402 g/mol. The van der Waals surface area contributed by atoms with Crippen molar-refractivity contribution in [2.24, 2.45) is 0 Å². The second-order valence-electron chi connectivity index (χ2n) is 6.05. The third kappa shape index (κ3) is 4.52. The summed E-state index contributed by atoms with van der Waals surface area (Å²) >= 11 is 0. The molecular formula is C20H16F2N2O3S. The number of anilines is 2. The van der Waals surface area contributed by atoms with Gasteiger partial charge in [-0.25, -0.2) is 17.2 Å². The molecule has 3 aromatic carbocycles. The first kappa shape index (κ1) is 19.5. The largest absolute Gasteiger partial charge is 0.322 e. The van der Waals surface area contributed by atoms with Gasteiger partial charge in [-0.1, -0.05) is 0 Å². The second-order valence-corrected chi connectivity index (χ2v) is 7.73. The van der Waals surface area contributed by atoms with Crippen LogP contribution in [0.5, 0.6) is 0 Å². The summed E-state index contributed by atoms with van der Waals surface area (Å²) in [5, 5.41) is 2.67. The van der Waals surface area contributed by atoms with Crippen molar-refractivity contribution in [2.45, 2.75) is 11.8 Å². The zero-order valence-corrected chi connectivity index (χ0v) is 15.6. The van der Waals surface area contributed by atoms with Crippen LogP contribution in [0.1, 0.15) is 15.9 Å². The van der Waals surface area contributed by atoms with Crippen LogP contribution < -0.4 is 10.0 Å². The first-order valence-corrected chi connectivity index (χ1v) is 9.69. The van der Waals surface area contributed by atoms with Gasteiger partial charge in [-0.05, 0) is 79.2 Å². The zero-order chi connectivity index (χ0) is 20.3. The molecule has 0 aliphatic carbocycles. The van der Waals surface area contributed by atoms with Gasteiger partial charge in [-0.3, -0.25) is 9.52 Å². The Balaban J connectivity index is 1.72. The lowest BCUT2D eigenvalue weighted by molar-refractivity contribution is 0.102. The summed E-state index contributed by atoms with van der Waals surface area (Å²) in [5.74, 6) is -1.35. The third-order valence-electron chi connectivity index (χ3n) is 3.96. The highest BCUT2D eigenvalue weighted by atomic mass is 32.2. The molecule has 0 heterocycles. The fraction of sp³-hybridized carbons (Fsp3) is 0.0500. The Labute approximate surface area is 161 Å². The van der Waals surface area contributed by atoms with Crippen molar-refractivity contribution in [3.63, 3.8) is 0 Å². The predicted molar refractivity (Wildman–Crippen MR) is 103 cm³/mol. The minimum absolute atomic E-state index is 0.0810. The monoisotopic (exact) mass is 402 g/mol. The molecule has 0 radical (unpaired) electrons. The number of rotatable bonds is 5. The number of benzene rings is 3. The Hall–Kier alpha value is -3.26. The number of carbonyl (C=O) groups is 1. The SMILES string of the molecule is Cc1cc(F)ccc1NC(=O)c1ccc(NS(=O)(=O)c2ccc(F)cc2)cc1. The number of nitrogens with one attached hydrogen (secondary N) is 2. The van der Waals surface area contributed by atoms with E-state index in [2.05, 4.69) is 10.0 Å². The molecule has 144 valence electrons. The second kappa shape index (κ2) is 7.77. The summed E-state index contributed by atoms with van der Waals surface area (Å²) in [5.41, 5.74) is 1.61. The van der Waals surface area contributed by atoms with E-state index < -0.39 is 27.6 Å². The summed E-state index contributed by atoms with van der Waals surface area (Å²) in [6.45, 7) is 1.67. The number of amides is 1. The van der Waals surface area contributed by atoms with Crippen LogP contribution in [0.25, 0.3) is 0 Å². The van der Waals surface area contributed by atoms with Crippen LogP contribution in [0, 0.1) is 18.6 Å². The van der Waals surface area contributed by atoms with Crippen molar-refractivity contribution >= 4 is 27.3 Å². The van der Waals surface area contributed by atoms with E-state index in [1.165, 1.54) is 42.5 Å². The quantitative estimate of drug-likeness (QED) is 0.667. The van der Waals surface area contributed by atoms with E-state index >= 15 is 0 Å². The van der Waals surface area contributed by atoms with Crippen LogP contribution in [0.15, 0.2) is 71.6 Å². The van der Waals surface area contributed by atoms with Crippen LogP contribution in [-0.4, -0.2) is 14.3 Å². The van der Waals surface area contributed by atoms with Gasteiger partial charge in [-0.2, -0.15) is 0 Å². The molecule has 8 heteroatoms. The van der Waals surface area contributed by atoms with E-state index in [1.54, 1.807) is 6.92 Å². The van der Waals surface area contributed by atoms with Gasteiger partial charge in [0.25, 0.3) is 15.9 Å². The lowest BCUT2D eigenvalue weighted by atomic mass is 10.1. The van der Waals surface area contributed by atoms with E-state index in [-0.39, 0.29) is 10.6 Å². The van der Waals surface area contributed by atoms with Gasteiger partial charge in [0.05, 0.1) is 4.90 Å². The minimum atomic E-state index is -3.87. The van der Waals surface area contributed by atoms with Gasteiger partial charge < -0.3 is 5.32 Å². The van der Waals surface area contributed by atoms with Crippen LogP contribution in [0.2, 0.25) is 0 Å². The smallest absolute Gasteiger partial charge is 0.261 e. The molecule has 0 aliphatic rings. The predicted octanol–water partition coefficient (Wildman–Crippen LogP) is 4.33. The highest BCUT2D eigenvalue weighted by molar-refractivity contribution is 7.92. The number of hydrogen-bond acceptors (Lipinski definition) is 3.